The number of aliphatic hydroxyl groups is 2. The van der Waals surface area contributed by atoms with Crippen molar-refractivity contribution in [2.75, 3.05) is 0 Å². The van der Waals surface area contributed by atoms with Crippen molar-refractivity contribution in [2.45, 2.75) is 129 Å². The molecule has 5 aliphatic carbocycles. The van der Waals surface area contributed by atoms with E-state index < -0.39 is 11.2 Å². The van der Waals surface area contributed by atoms with Gasteiger partial charge in [0.05, 0.1) is 11.2 Å². The molecule has 0 heterocycles. The van der Waals surface area contributed by atoms with Crippen molar-refractivity contribution in [3.05, 3.63) is 0 Å². The topological polar surface area (TPSA) is 40.5 Å². The SMILES string of the molecule is C[C@H](CC[C@](C)(O)C1CC1)[C@H]1CC[C@H]2[C@@H]3CC[C@@H]4C[C@@](C)(O)CC[C@]4(C)[C@H]3CC[C@]12C. The van der Waals surface area contributed by atoms with Gasteiger partial charge in [0.1, 0.15) is 0 Å². The molecule has 0 aromatic rings. The van der Waals surface area contributed by atoms with Crippen LogP contribution in [0.25, 0.3) is 0 Å². The number of fused-ring (bicyclic) bond motifs is 5. The second kappa shape index (κ2) is 7.46. The zero-order chi connectivity index (χ0) is 22.2. The van der Waals surface area contributed by atoms with Gasteiger partial charge in [-0.1, -0.05) is 20.8 Å². The summed E-state index contributed by atoms with van der Waals surface area (Å²) in [5.41, 5.74) is 0.157. The van der Waals surface area contributed by atoms with Crippen molar-refractivity contribution in [3.8, 4) is 0 Å². The predicted molar refractivity (Wildman–Crippen MR) is 128 cm³/mol. The van der Waals surface area contributed by atoms with Gasteiger partial charge in [0.15, 0.2) is 0 Å². The van der Waals surface area contributed by atoms with Crippen LogP contribution in [-0.4, -0.2) is 21.4 Å². The minimum absolute atomic E-state index is 0.417. The zero-order valence-corrected chi connectivity index (χ0v) is 21.1. The second-order valence-electron chi connectivity index (χ2n) is 14.2. The molecule has 0 amide bonds. The van der Waals surface area contributed by atoms with Gasteiger partial charge in [-0.3, -0.25) is 0 Å². The highest BCUT2D eigenvalue weighted by Crippen LogP contribution is 2.69. The molecule has 0 spiro atoms. The van der Waals surface area contributed by atoms with Crippen molar-refractivity contribution in [2.24, 2.45) is 52.3 Å². The third kappa shape index (κ3) is 3.74. The molecule has 5 fully saturated rings. The van der Waals surface area contributed by atoms with Gasteiger partial charge < -0.3 is 10.2 Å². The van der Waals surface area contributed by atoms with E-state index in [1.807, 2.05) is 0 Å². The van der Waals surface area contributed by atoms with Gasteiger partial charge in [0.2, 0.25) is 0 Å². The molecule has 10 atom stereocenters. The molecule has 0 unspecified atom stereocenters. The Kier molecular flexibility index (Phi) is 5.46. The standard InChI is InChI=1S/C29H50O2/c1-19(12-15-29(5,31)20-6-7-20)23-10-11-24-22-9-8-21-18-26(2,30)16-17-27(21,3)25(22)13-14-28(23,24)4/h19-25,30-31H,6-18H2,1-5H3/t19-,21-,22+,23-,24+,25+,26+,27+,28-,29+/m1/s1. The van der Waals surface area contributed by atoms with Crippen LogP contribution >= 0.6 is 0 Å². The maximum Gasteiger partial charge on any atom is 0.0647 e. The first-order valence-corrected chi connectivity index (χ1v) is 13.9. The van der Waals surface area contributed by atoms with Crippen LogP contribution in [-0.2, 0) is 0 Å². The van der Waals surface area contributed by atoms with Crippen molar-refractivity contribution < 1.29 is 10.2 Å². The summed E-state index contributed by atoms with van der Waals surface area (Å²) in [6.07, 6.45) is 16.5. The third-order valence-corrected chi connectivity index (χ3v) is 12.3. The van der Waals surface area contributed by atoms with E-state index in [0.717, 1.165) is 54.8 Å². The molecule has 0 aromatic heterocycles. The Morgan fingerprint density at radius 1 is 0.871 bits per heavy atom. The third-order valence-electron chi connectivity index (χ3n) is 12.3. The molecule has 0 aromatic carbocycles. The molecule has 0 bridgehead atoms. The quantitative estimate of drug-likeness (QED) is 0.494. The van der Waals surface area contributed by atoms with Crippen LogP contribution in [0, 0.1) is 52.3 Å². The van der Waals surface area contributed by atoms with Crippen molar-refractivity contribution in [1.29, 1.82) is 0 Å². The van der Waals surface area contributed by atoms with Crippen LogP contribution < -0.4 is 0 Å². The molecule has 2 N–H and O–H groups in total. The summed E-state index contributed by atoms with van der Waals surface area (Å²) in [5.74, 6) is 5.65. The zero-order valence-electron chi connectivity index (χ0n) is 21.1. The Morgan fingerprint density at radius 3 is 2.29 bits per heavy atom. The van der Waals surface area contributed by atoms with Gasteiger partial charge in [-0.05, 0) is 150 Å². The molecule has 5 aliphatic rings. The highest BCUT2D eigenvalue weighted by molar-refractivity contribution is 5.10. The fraction of sp³-hybridized carbons (Fsp3) is 1.00. The number of hydrogen-bond acceptors (Lipinski definition) is 2. The van der Waals surface area contributed by atoms with Gasteiger partial charge in [0.25, 0.3) is 0 Å². The Labute approximate surface area is 192 Å². The van der Waals surface area contributed by atoms with Crippen LogP contribution in [0.3, 0.4) is 0 Å². The molecule has 0 saturated heterocycles. The highest BCUT2D eigenvalue weighted by atomic mass is 16.3. The lowest BCUT2D eigenvalue weighted by Crippen LogP contribution is -2.55. The first-order chi connectivity index (χ1) is 14.5. The minimum atomic E-state index is -0.421. The van der Waals surface area contributed by atoms with Crippen LogP contribution in [0.15, 0.2) is 0 Å². The fourth-order valence-electron chi connectivity index (χ4n) is 10.0. The van der Waals surface area contributed by atoms with E-state index in [1.165, 1.54) is 64.2 Å². The van der Waals surface area contributed by atoms with Crippen molar-refractivity contribution >= 4 is 0 Å². The summed E-state index contributed by atoms with van der Waals surface area (Å²) in [6, 6.07) is 0. The van der Waals surface area contributed by atoms with E-state index in [9.17, 15) is 10.2 Å². The van der Waals surface area contributed by atoms with E-state index >= 15 is 0 Å². The number of rotatable bonds is 5. The lowest BCUT2D eigenvalue weighted by Gasteiger charge is -2.62. The summed E-state index contributed by atoms with van der Waals surface area (Å²) < 4.78 is 0. The van der Waals surface area contributed by atoms with E-state index in [-0.39, 0.29) is 0 Å². The van der Waals surface area contributed by atoms with Gasteiger partial charge in [-0.2, -0.15) is 0 Å². The van der Waals surface area contributed by atoms with Gasteiger partial charge in [-0.25, -0.2) is 0 Å². The average molecular weight is 431 g/mol. The molecule has 0 aliphatic heterocycles. The maximum atomic E-state index is 10.9. The second-order valence-corrected chi connectivity index (χ2v) is 14.2. The number of hydrogen-bond donors (Lipinski definition) is 2. The lowest BCUT2D eigenvalue weighted by molar-refractivity contribution is -0.148. The monoisotopic (exact) mass is 430 g/mol. The molecule has 5 saturated carbocycles. The Hall–Kier alpha value is -0.0800. The fourth-order valence-corrected chi connectivity index (χ4v) is 10.0. The molecule has 2 heteroatoms. The predicted octanol–water partition coefficient (Wildman–Crippen LogP) is 6.97. The van der Waals surface area contributed by atoms with E-state index in [2.05, 4.69) is 34.6 Å². The van der Waals surface area contributed by atoms with Crippen LogP contribution in [0.4, 0.5) is 0 Å². The Bertz CT molecular complexity index is 678. The van der Waals surface area contributed by atoms with Gasteiger partial charge >= 0.3 is 0 Å². The molecular weight excluding hydrogens is 380 g/mol. The highest BCUT2D eigenvalue weighted by Gasteiger charge is 2.61. The Morgan fingerprint density at radius 2 is 1.58 bits per heavy atom. The van der Waals surface area contributed by atoms with Crippen LogP contribution in [0.5, 0.6) is 0 Å². The first-order valence-electron chi connectivity index (χ1n) is 13.9. The Balaban J connectivity index is 1.28. The lowest BCUT2D eigenvalue weighted by atomic mass is 9.43. The average Bonchev–Trinajstić information content (AvgIpc) is 3.49. The molecule has 178 valence electrons. The van der Waals surface area contributed by atoms with Gasteiger partial charge in [-0.15, -0.1) is 0 Å². The first kappa shape index (κ1) is 22.7. The summed E-state index contributed by atoms with van der Waals surface area (Å²) in [4.78, 5) is 0. The van der Waals surface area contributed by atoms with E-state index in [0.29, 0.717) is 16.7 Å². The summed E-state index contributed by atoms with van der Waals surface area (Å²) in [5, 5.41) is 21.6. The molecular formula is C29H50O2. The van der Waals surface area contributed by atoms with Crippen LogP contribution in [0.1, 0.15) is 118 Å². The minimum Gasteiger partial charge on any atom is -0.390 e. The molecule has 5 rings (SSSR count). The van der Waals surface area contributed by atoms with Gasteiger partial charge in [0, 0.05) is 0 Å². The van der Waals surface area contributed by atoms with Crippen molar-refractivity contribution in [3.63, 3.8) is 0 Å². The smallest absolute Gasteiger partial charge is 0.0647 e. The summed E-state index contributed by atoms with van der Waals surface area (Å²) >= 11 is 0. The van der Waals surface area contributed by atoms with Crippen molar-refractivity contribution in [1.82, 2.24) is 0 Å². The largest absolute Gasteiger partial charge is 0.390 e. The normalized spacial score (nSPS) is 52.5. The van der Waals surface area contributed by atoms with E-state index in [1.54, 1.807) is 0 Å². The molecule has 0 radical (unpaired) electrons. The van der Waals surface area contributed by atoms with E-state index in [4.69, 9.17) is 0 Å². The maximum absolute atomic E-state index is 10.9. The summed E-state index contributed by atoms with van der Waals surface area (Å²) in [6.45, 7) is 12.0. The molecule has 31 heavy (non-hydrogen) atoms. The summed E-state index contributed by atoms with van der Waals surface area (Å²) in [7, 11) is 0. The van der Waals surface area contributed by atoms with Crippen LogP contribution in [0.2, 0.25) is 0 Å². The molecule has 2 nitrogen and oxygen atoms in total.